The summed E-state index contributed by atoms with van der Waals surface area (Å²) in [6, 6.07) is 0. The quantitative estimate of drug-likeness (QED) is 0.663. The first-order valence-electron chi connectivity index (χ1n) is 4.85. The van der Waals surface area contributed by atoms with Crippen LogP contribution >= 0.6 is 0 Å². The van der Waals surface area contributed by atoms with Crippen LogP contribution in [0.1, 0.15) is 17.3 Å². The van der Waals surface area contributed by atoms with E-state index in [1.807, 2.05) is 0 Å². The summed E-state index contributed by atoms with van der Waals surface area (Å²) < 4.78 is 11.2. The summed E-state index contributed by atoms with van der Waals surface area (Å²) in [4.78, 5) is 11.6. The summed E-state index contributed by atoms with van der Waals surface area (Å²) in [5.41, 5.74) is 5.76. The van der Waals surface area contributed by atoms with Crippen LogP contribution in [0, 0.1) is 0 Å². The van der Waals surface area contributed by atoms with Gasteiger partial charge in [0.1, 0.15) is 12.4 Å². The van der Waals surface area contributed by atoms with E-state index in [9.17, 15) is 4.79 Å². The van der Waals surface area contributed by atoms with Crippen molar-refractivity contribution < 1.29 is 19.4 Å². The largest absolute Gasteiger partial charge is 0.474 e. The molecule has 0 aliphatic carbocycles. The van der Waals surface area contributed by atoms with E-state index in [0.29, 0.717) is 0 Å². The number of aryl methyl sites for hydroxylation is 1. The van der Waals surface area contributed by atoms with Gasteiger partial charge in [0.25, 0.3) is 0 Å². The van der Waals surface area contributed by atoms with Gasteiger partial charge in [-0.15, -0.1) is 5.10 Å². The van der Waals surface area contributed by atoms with Crippen molar-refractivity contribution >= 4 is 11.8 Å². The number of nitrogen functional groups attached to an aromatic ring is 1. The minimum Gasteiger partial charge on any atom is -0.474 e. The van der Waals surface area contributed by atoms with E-state index in [2.05, 4.69) is 5.10 Å². The highest BCUT2D eigenvalue weighted by Crippen LogP contribution is 2.23. The van der Waals surface area contributed by atoms with Crippen molar-refractivity contribution in [2.75, 3.05) is 25.6 Å². The number of hydrogen-bond acceptors (Lipinski definition) is 6. The first kappa shape index (κ1) is 12.3. The van der Waals surface area contributed by atoms with Crippen LogP contribution in [0.25, 0.3) is 0 Å². The summed E-state index contributed by atoms with van der Waals surface area (Å²) in [6.07, 6.45) is 0. The summed E-state index contributed by atoms with van der Waals surface area (Å²) in [7, 11) is 1.59. The van der Waals surface area contributed by atoms with E-state index >= 15 is 0 Å². The van der Waals surface area contributed by atoms with Crippen LogP contribution in [0.2, 0.25) is 0 Å². The number of carbonyl (C=O) groups excluding carboxylic acids is 1. The van der Waals surface area contributed by atoms with Crippen LogP contribution in [0.15, 0.2) is 0 Å². The Morgan fingerprint density at radius 1 is 1.62 bits per heavy atom. The Morgan fingerprint density at radius 3 is 2.88 bits per heavy atom. The predicted molar refractivity (Wildman–Crippen MR) is 56.2 cm³/mol. The molecule has 0 fully saturated rings. The highest BCUT2D eigenvalue weighted by Gasteiger charge is 2.23. The molecule has 0 saturated heterocycles. The lowest BCUT2D eigenvalue weighted by Gasteiger charge is -2.04. The molecule has 1 aromatic rings. The summed E-state index contributed by atoms with van der Waals surface area (Å²) in [5.74, 6) is -0.333. The number of carbonyl (C=O) groups is 1. The topological polar surface area (TPSA) is 99.6 Å². The van der Waals surface area contributed by atoms with Crippen molar-refractivity contribution in [2.24, 2.45) is 7.05 Å². The Bertz CT molecular complexity index is 375. The predicted octanol–water partition coefficient (Wildman–Crippen LogP) is -0.450. The molecule has 0 unspecified atom stereocenters. The molecular weight excluding hydrogens is 214 g/mol. The van der Waals surface area contributed by atoms with Gasteiger partial charge in [-0.25, -0.2) is 9.48 Å². The number of hydrogen-bond donors (Lipinski definition) is 2. The van der Waals surface area contributed by atoms with E-state index in [4.69, 9.17) is 20.3 Å². The molecule has 1 aromatic heterocycles. The number of aliphatic hydroxyl groups excluding tert-OH is 1. The molecular formula is C9H15N3O4. The number of rotatable bonds is 5. The van der Waals surface area contributed by atoms with Gasteiger partial charge in [-0.2, -0.15) is 0 Å². The summed E-state index contributed by atoms with van der Waals surface area (Å²) >= 11 is 0. The van der Waals surface area contributed by atoms with Gasteiger partial charge in [-0.05, 0) is 6.92 Å². The van der Waals surface area contributed by atoms with Crippen molar-refractivity contribution in [3.63, 3.8) is 0 Å². The Morgan fingerprint density at radius 2 is 2.31 bits per heavy atom. The molecule has 0 aliphatic rings. The lowest BCUT2D eigenvalue weighted by molar-refractivity contribution is 0.0521. The van der Waals surface area contributed by atoms with Crippen LogP contribution in [-0.4, -0.2) is 40.7 Å². The molecule has 0 aromatic carbocycles. The number of aliphatic hydroxyl groups is 1. The van der Waals surface area contributed by atoms with Crippen LogP contribution in [0.5, 0.6) is 5.88 Å². The van der Waals surface area contributed by atoms with Gasteiger partial charge in [0.05, 0.1) is 13.2 Å². The third-order valence-electron chi connectivity index (χ3n) is 1.87. The van der Waals surface area contributed by atoms with Crippen molar-refractivity contribution in [3.8, 4) is 5.88 Å². The van der Waals surface area contributed by atoms with Gasteiger partial charge in [0, 0.05) is 7.05 Å². The van der Waals surface area contributed by atoms with Crippen molar-refractivity contribution in [3.05, 3.63) is 5.56 Å². The zero-order valence-corrected chi connectivity index (χ0v) is 9.27. The highest BCUT2D eigenvalue weighted by atomic mass is 16.5. The van der Waals surface area contributed by atoms with Crippen LogP contribution in [0.3, 0.4) is 0 Å². The molecule has 1 rings (SSSR count). The monoisotopic (exact) mass is 229 g/mol. The maximum Gasteiger partial charge on any atom is 0.347 e. The third-order valence-corrected chi connectivity index (χ3v) is 1.87. The van der Waals surface area contributed by atoms with Crippen LogP contribution in [0.4, 0.5) is 5.82 Å². The van der Waals surface area contributed by atoms with Gasteiger partial charge >= 0.3 is 5.97 Å². The van der Waals surface area contributed by atoms with Gasteiger partial charge in [-0.1, -0.05) is 0 Å². The van der Waals surface area contributed by atoms with Gasteiger partial charge < -0.3 is 20.3 Å². The standard InChI is InChI=1S/C9H15N3O4/c1-3-15-9(14)6-7(10)12(2)11-8(6)16-5-4-13/h13H,3-5,10H2,1-2H3. The fraction of sp³-hybridized carbons (Fsp3) is 0.556. The van der Waals surface area contributed by atoms with Crippen molar-refractivity contribution in [2.45, 2.75) is 6.92 Å². The highest BCUT2D eigenvalue weighted by molar-refractivity contribution is 5.96. The number of esters is 1. The first-order valence-corrected chi connectivity index (χ1v) is 4.85. The molecule has 1 heterocycles. The van der Waals surface area contributed by atoms with E-state index in [0.717, 1.165) is 0 Å². The zero-order valence-electron chi connectivity index (χ0n) is 9.27. The van der Waals surface area contributed by atoms with Crippen LogP contribution in [-0.2, 0) is 11.8 Å². The third kappa shape index (κ3) is 2.43. The molecule has 0 bridgehead atoms. The number of aromatic nitrogens is 2. The van der Waals surface area contributed by atoms with Crippen molar-refractivity contribution in [1.82, 2.24) is 9.78 Å². The maximum absolute atomic E-state index is 11.6. The van der Waals surface area contributed by atoms with Gasteiger partial charge in [-0.3, -0.25) is 0 Å². The molecule has 90 valence electrons. The normalized spacial score (nSPS) is 10.2. The minimum atomic E-state index is -0.582. The summed E-state index contributed by atoms with van der Waals surface area (Å²) in [5, 5.41) is 12.5. The van der Waals surface area contributed by atoms with E-state index < -0.39 is 5.97 Å². The van der Waals surface area contributed by atoms with Gasteiger partial charge in [0.15, 0.2) is 5.56 Å². The SMILES string of the molecule is CCOC(=O)c1c(OCCO)nn(C)c1N. The average molecular weight is 229 g/mol. The second kappa shape index (κ2) is 5.36. The smallest absolute Gasteiger partial charge is 0.347 e. The molecule has 0 aliphatic heterocycles. The molecule has 7 heteroatoms. The van der Waals surface area contributed by atoms with E-state index in [1.54, 1.807) is 14.0 Å². The Labute approximate surface area is 92.8 Å². The first-order chi connectivity index (χ1) is 7.61. The van der Waals surface area contributed by atoms with Gasteiger partial charge in [0.2, 0.25) is 5.88 Å². The number of anilines is 1. The Balaban J connectivity index is 2.98. The fourth-order valence-corrected chi connectivity index (χ4v) is 1.15. The molecule has 0 atom stereocenters. The molecule has 0 amide bonds. The molecule has 7 nitrogen and oxygen atoms in total. The fourth-order valence-electron chi connectivity index (χ4n) is 1.15. The van der Waals surface area contributed by atoms with E-state index in [-0.39, 0.29) is 37.1 Å². The van der Waals surface area contributed by atoms with Crippen LogP contribution < -0.4 is 10.5 Å². The molecule has 0 spiro atoms. The molecule has 0 radical (unpaired) electrons. The lowest BCUT2D eigenvalue weighted by atomic mass is 10.3. The molecule has 16 heavy (non-hydrogen) atoms. The molecule has 3 N–H and O–H groups in total. The Kier molecular flexibility index (Phi) is 4.12. The number of ether oxygens (including phenoxy) is 2. The minimum absolute atomic E-state index is 0.0445. The Hall–Kier alpha value is -1.76. The van der Waals surface area contributed by atoms with Crippen molar-refractivity contribution in [1.29, 1.82) is 0 Å². The maximum atomic E-state index is 11.6. The number of nitrogens with two attached hydrogens (primary N) is 1. The zero-order chi connectivity index (χ0) is 12.1. The van der Waals surface area contributed by atoms with E-state index in [1.165, 1.54) is 4.68 Å². The lowest BCUT2D eigenvalue weighted by Crippen LogP contribution is -2.10. The second-order valence-electron chi connectivity index (χ2n) is 2.98. The summed E-state index contributed by atoms with van der Waals surface area (Å²) in [6.45, 7) is 1.81. The number of nitrogens with zero attached hydrogens (tertiary/aromatic N) is 2. The molecule has 0 saturated carbocycles. The average Bonchev–Trinajstić information content (AvgIpc) is 2.52. The second-order valence-corrected chi connectivity index (χ2v) is 2.98.